The first kappa shape index (κ1) is 24.6. The normalized spacial score (nSPS) is 10.8. The summed E-state index contributed by atoms with van der Waals surface area (Å²) in [5.41, 5.74) is 0.673. The Bertz CT molecular complexity index is 1300. The summed E-state index contributed by atoms with van der Waals surface area (Å²) in [6.45, 7) is 0.196. The SMILES string of the molecule is COc1ccc([N+](=O)[O-])cc1NC(=O)/C(C#N)=C/c1cc(Cl)cc(Cl)c1OCc1ccccc1. The monoisotopic (exact) mass is 497 g/mol. The number of nitriles is 1. The van der Waals surface area contributed by atoms with Crippen molar-refractivity contribution >= 4 is 46.6 Å². The van der Waals surface area contributed by atoms with Crippen LogP contribution in [0.2, 0.25) is 10.0 Å². The number of carbonyl (C=O) groups is 1. The molecule has 0 atom stereocenters. The van der Waals surface area contributed by atoms with E-state index in [2.05, 4.69) is 5.32 Å². The Morgan fingerprint density at radius 2 is 1.91 bits per heavy atom. The van der Waals surface area contributed by atoms with Crippen molar-refractivity contribution in [3.63, 3.8) is 0 Å². The number of non-ortho nitro benzene ring substituents is 1. The first-order valence-electron chi connectivity index (χ1n) is 9.73. The molecule has 0 bridgehead atoms. The van der Waals surface area contributed by atoms with Gasteiger partial charge in [-0.05, 0) is 29.8 Å². The topological polar surface area (TPSA) is 114 Å². The maximum Gasteiger partial charge on any atom is 0.271 e. The van der Waals surface area contributed by atoms with Crippen LogP contribution in [0, 0.1) is 21.4 Å². The Hall–Kier alpha value is -4.06. The molecule has 0 fully saturated rings. The molecule has 0 aromatic heterocycles. The summed E-state index contributed by atoms with van der Waals surface area (Å²) in [5.74, 6) is -0.385. The number of ether oxygens (including phenoxy) is 2. The number of nitro benzene ring substituents is 1. The number of nitrogens with zero attached hydrogens (tertiary/aromatic N) is 2. The largest absolute Gasteiger partial charge is 0.495 e. The van der Waals surface area contributed by atoms with Gasteiger partial charge in [0.15, 0.2) is 0 Å². The van der Waals surface area contributed by atoms with Crippen molar-refractivity contribution in [3.8, 4) is 17.6 Å². The van der Waals surface area contributed by atoms with Crippen LogP contribution in [0.15, 0.2) is 66.2 Å². The Morgan fingerprint density at radius 3 is 2.56 bits per heavy atom. The van der Waals surface area contributed by atoms with Gasteiger partial charge in [-0.25, -0.2) is 0 Å². The molecular weight excluding hydrogens is 481 g/mol. The predicted octanol–water partition coefficient (Wildman–Crippen LogP) is 6.03. The summed E-state index contributed by atoms with van der Waals surface area (Å²) in [4.78, 5) is 23.3. The average Bonchev–Trinajstić information content (AvgIpc) is 2.82. The summed E-state index contributed by atoms with van der Waals surface area (Å²) < 4.78 is 11.0. The smallest absolute Gasteiger partial charge is 0.271 e. The van der Waals surface area contributed by atoms with Crippen LogP contribution in [-0.4, -0.2) is 17.9 Å². The lowest BCUT2D eigenvalue weighted by Crippen LogP contribution is -2.14. The number of hydrogen-bond donors (Lipinski definition) is 1. The minimum Gasteiger partial charge on any atom is -0.495 e. The third-order valence-electron chi connectivity index (χ3n) is 4.57. The van der Waals surface area contributed by atoms with Crippen LogP contribution in [0.5, 0.6) is 11.5 Å². The number of amides is 1. The van der Waals surface area contributed by atoms with E-state index in [4.69, 9.17) is 32.7 Å². The summed E-state index contributed by atoms with van der Waals surface area (Å²) in [6.07, 6.45) is 1.28. The fourth-order valence-corrected chi connectivity index (χ4v) is 3.53. The molecule has 3 aromatic carbocycles. The first-order valence-corrected chi connectivity index (χ1v) is 10.5. The van der Waals surface area contributed by atoms with E-state index < -0.39 is 10.8 Å². The van der Waals surface area contributed by atoms with Gasteiger partial charge < -0.3 is 14.8 Å². The summed E-state index contributed by atoms with van der Waals surface area (Å²) in [6, 6.07) is 17.9. The zero-order chi connectivity index (χ0) is 24.7. The van der Waals surface area contributed by atoms with Crippen molar-refractivity contribution in [3.05, 3.63) is 97.5 Å². The van der Waals surface area contributed by atoms with Crippen LogP contribution in [0.3, 0.4) is 0 Å². The lowest BCUT2D eigenvalue weighted by atomic mass is 10.1. The van der Waals surface area contributed by atoms with Crippen molar-refractivity contribution in [2.24, 2.45) is 0 Å². The highest BCUT2D eigenvalue weighted by Crippen LogP contribution is 2.35. The first-order chi connectivity index (χ1) is 16.3. The Morgan fingerprint density at radius 1 is 1.18 bits per heavy atom. The molecule has 0 aliphatic carbocycles. The number of nitro groups is 1. The minimum absolute atomic E-state index is 0.0347. The van der Waals surface area contributed by atoms with Crippen LogP contribution < -0.4 is 14.8 Å². The molecule has 8 nitrogen and oxygen atoms in total. The van der Waals surface area contributed by atoms with Crippen molar-refractivity contribution < 1.29 is 19.2 Å². The highest BCUT2D eigenvalue weighted by Gasteiger charge is 2.18. The molecule has 3 rings (SSSR count). The summed E-state index contributed by atoms with van der Waals surface area (Å²) >= 11 is 12.4. The van der Waals surface area contributed by atoms with Crippen molar-refractivity contribution in [1.82, 2.24) is 0 Å². The fraction of sp³-hybridized carbons (Fsp3) is 0.0833. The maximum absolute atomic E-state index is 12.8. The van der Waals surface area contributed by atoms with Gasteiger partial charge >= 0.3 is 0 Å². The van der Waals surface area contributed by atoms with E-state index in [0.717, 1.165) is 11.6 Å². The van der Waals surface area contributed by atoms with Gasteiger partial charge in [-0.15, -0.1) is 0 Å². The zero-order valence-electron chi connectivity index (χ0n) is 17.7. The van der Waals surface area contributed by atoms with E-state index in [-0.39, 0.29) is 45.1 Å². The van der Waals surface area contributed by atoms with Crippen molar-refractivity contribution in [2.75, 3.05) is 12.4 Å². The molecule has 0 saturated heterocycles. The maximum atomic E-state index is 12.8. The van der Waals surface area contributed by atoms with Gasteiger partial charge in [0.05, 0.1) is 22.7 Å². The Balaban J connectivity index is 1.93. The lowest BCUT2D eigenvalue weighted by Gasteiger charge is -2.13. The molecule has 0 aliphatic rings. The number of rotatable bonds is 8. The van der Waals surface area contributed by atoms with E-state index in [0.29, 0.717) is 5.56 Å². The van der Waals surface area contributed by atoms with Crippen LogP contribution in [0.4, 0.5) is 11.4 Å². The predicted molar refractivity (Wildman–Crippen MR) is 129 cm³/mol. The van der Waals surface area contributed by atoms with Crippen molar-refractivity contribution in [1.29, 1.82) is 5.26 Å². The second kappa shape index (κ2) is 11.2. The van der Waals surface area contributed by atoms with Crippen LogP contribution in [0.25, 0.3) is 6.08 Å². The van der Waals surface area contributed by atoms with E-state index in [9.17, 15) is 20.2 Å². The van der Waals surface area contributed by atoms with E-state index in [1.807, 2.05) is 36.4 Å². The van der Waals surface area contributed by atoms with Gasteiger partial charge in [0.25, 0.3) is 11.6 Å². The molecule has 0 saturated carbocycles. The van der Waals surface area contributed by atoms with Gasteiger partial charge in [-0.3, -0.25) is 14.9 Å². The molecule has 1 N–H and O–H groups in total. The molecule has 10 heteroatoms. The van der Waals surface area contributed by atoms with Gasteiger partial charge in [-0.1, -0.05) is 53.5 Å². The summed E-state index contributed by atoms with van der Waals surface area (Å²) in [7, 11) is 1.35. The zero-order valence-corrected chi connectivity index (χ0v) is 19.3. The van der Waals surface area contributed by atoms with Crippen LogP contribution in [0.1, 0.15) is 11.1 Å². The highest BCUT2D eigenvalue weighted by atomic mass is 35.5. The Labute approximate surface area is 205 Å². The van der Waals surface area contributed by atoms with Crippen LogP contribution >= 0.6 is 23.2 Å². The third-order valence-corrected chi connectivity index (χ3v) is 5.07. The third kappa shape index (κ3) is 6.04. The van der Waals surface area contributed by atoms with Crippen molar-refractivity contribution in [2.45, 2.75) is 6.61 Å². The van der Waals surface area contributed by atoms with Crippen LogP contribution in [-0.2, 0) is 11.4 Å². The second-order valence-electron chi connectivity index (χ2n) is 6.85. The van der Waals surface area contributed by atoms with Gasteiger partial charge in [0.1, 0.15) is 29.7 Å². The van der Waals surface area contributed by atoms with E-state index in [1.165, 1.54) is 37.5 Å². The fourth-order valence-electron chi connectivity index (χ4n) is 2.97. The highest BCUT2D eigenvalue weighted by molar-refractivity contribution is 6.36. The number of halogens is 2. The number of benzene rings is 3. The molecule has 0 heterocycles. The van der Waals surface area contributed by atoms with Gasteiger partial charge in [-0.2, -0.15) is 5.26 Å². The van der Waals surface area contributed by atoms with Gasteiger partial charge in [0, 0.05) is 22.7 Å². The molecule has 0 aliphatic heterocycles. The molecule has 0 spiro atoms. The standard InChI is InChI=1S/C24H17Cl2N3O5/c1-33-22-8-7-19(29(31)32)12-21(22)28-24(30)17(13-27)9-16-10-18(25)11-20(26)23(16)34-14-15-5-3-2-4-6-15/h2-12H,14H2,1H3,(H,28,30)/b17-9+. The molecule has 0 radical (unpaired) electrons. The Kier molecular flexibility index (Phi) is 8.09. The number of carbonyl (C=O) groups excluding carboxylic acids is 1. The molecule has 172 valence electrons. The number of methoxy groups -OCH3 is 1. The molecule has 34 heavy (non-hydrogen) atoms. The number of hydrogen-bond acceptors (Lipinski definition) is 6. The lowest BCUT2D eigenvalue weighted by molar-refractivity contribution is -0.384. The molecular formula is C24H17Cl2N3O5. The average molecular weight is 498 g/mol. The molecule has 0 unspecified atom stereocenters. The quantitative estimate of drug-likeness (QED) is 0.175. The summed E-state index contributed by atoms with van der Waals surface area (Å²) in [5, 5.41) is 23.7. The number of nitrogens with one attached hydrogen (secondary N) is 1. The van der Waals surface area contributed by atoms with E-state index >= 15 is 0 Å². The molecule has 3 aromatic rings. The molecule has 1 amide bonds. The minimum atomic E-state index is -0.814. The van der Waals surface area contributed by atoms with E-state index in [1.54, 1.807) is 0 Å². The number of anilines is 1. The second-order valence-corrected chi connectivity index (χ2v) is 7.69. The van der Waals surface area contributed by atoms with Gasteiger partial charge in [0.2, 0.25) is 0 Å².